The highest BCUT2D eigenvalue weighted by molar-refractivity contribution is 9.10. The second-order valence-corrected chi connectivity index (χ2v) is 6.79. The van der Waals surface area contributed by atoms with Crippen LogP contribution in [0, 0.1) is 0 Å². The molecule has 2 rings (SSSR count). The maximum absolute atomic E-state index is 12.5. The van der Waals surface area contributed by atoms with Crippen LogP contribution in [0.2, 0.25) is 0 Å². The summed E-state index contributed by atoms with van der Waals surface area (Å²) in [4.78, 5) is 0.231. The Morgan fingerprint density at radius 1 is 1.05 bits per heavy atom. The van der Waals surface area contributed by atoms with Crippen molar-refractivity contribution in [1.82, 2.24) is 0 Å². The molecule has 100 valence electrons. The van der Waals surface area contributed by atoms with E-state index in [0.29, 0.717) is 15.8 Å². The van der Waals surface area contributed by atoms with E-state index in [1.807, 2.05) is 0 Å². The number of benzene rings is 2. The van der Waals surface area contributed by atoms with Crippen molar-refractivity contribution in [2.24, 2.45) is 0 Å². The third-order valence-corrected chi connectivity index (χ3v) is 5.53. The molecule has 0 aromatic heterocycles. The number of anilines is 2. The molecule has 0 radical (unpaired) electrons. The van der Waals surface area contributed by atoms with Gasteiger partial charge in [-0.1, -0.05) is 12.1 Å². The Kier molecular flexibility index (Phi) is 3.82. The van der Waals surface area contributed by atoms with Crippen molar-refractivity contribution < 1.29 is 8.42 Å². The Morgan fingerprint density at radius 2 is 1.63 bits per heavy atom. The van der Waals surface area contributed by atoms with E-state index < -0.39 is 10.0 Å². The smallest absolute Gasteiger partial charge is 0.265 e. The molecule has 2 N–H and O–H groups in total. The molecule has 0 saturated carbocycles. The molecular weight excluding hydrogens is 328 g/mol. The molecule has 0 heterocycles. The van der Waals surface area contributed by atoms with E-state index in [4.69, 9.17) is 5.73 Å². The molecule has 4 nitrogen and oxygen atoms in total. The Hall–Kier alpha value is -1.53. The lowest BCUT2D eigenvalue weighted by atomic mass is 10.3. The van der Waals surface area contributed by atoms with Crippen LogP contribution in [0.1, 0.15) is 0 Å². The van der Waals surface area contributed by atoms with Crippen LogP contribution < -0.4 is 10.0 Å². The van der Waals surface area contributed by atoms with Gasteiger partial charge in [0.15, 0.2) is 0 Å². The second-order valence-electron chi connectivity index (χ2n) is 3.99. The first-order chi connectivity index (χ1) is 8.93. The highest BCUT2D eigenvalue weighted by Crippen LogP contribution is 2.27. The number of halogens is 1. The summed E-state index contributed by atoms with van der Waals surface area (Å²) < 4.78 is 26.8. The van der Waals surface area contributed by atoms with E-state index in [0.717, 1.165) is 0 Å². The zero-order chi connectivity index (χ0) is 14.0. The van der Waals surface area contributed by atoms with Crippen molar-refractivity contribution >= 4 is 37.3 Å². The van der Waals surface area contributed by atoms with E-state index in [-0.39, 0.29) is 4.90 Å². The van der Waals surface area contributed by atoms with Gasteiger partial charge in [-0.3, -0.25) is 4.31 Å². The molecular formula is C13H13BrN2O2S. The molecule has 0 fully saturated rings. The molecule has 0 amide bonds. The molecule has 0 spiro atoms. The fraction of sp³-hybridized carbons (Fsp3) is 0.0769. The SMILES string of the molecule is CN(c1ccc(N)cc1)S(=O)(=O)c1ccccc1Br. The summed E-state index contributed by atoms with van der Waals surface area (Å²) in [5.41, 5.74) is 6.75. The van der Waals surface area contributed by atoms with Gasteiger partial charge >= 0.3 is 0 Å². The van der Waals surface area contributed by atoms with Gasteiger partial charge in [0.05, 0.1) is 5.69 Å². The molecule has 0 aliphatic heterocycles. The number of rotatable bonds is 3. The average molecular weight is 341 g/mol. The van der Waals surface area contributed by atoms with Crippen molar-refractivity contribution in [2.45, 2.75) is 4.90 Å². The van der Waals surface area contributed by atoms with Crippen molar-refractivity contribution in [3.8, 4) is 0 Å². The van der Waals surface area contributed by atoms with Gasteiger partial charge in [-0.15, -0.1) is 0 Å². The van der Waals surface area contributed by atoms with Gasteiger partial charge < -0.3 is 5.73 Å². The zero-order valence-electron chi connectivity index (χ0n) is 10.2. The first kappa shape index (κ1) is 13.9. The van der Waals surface area contributed by atoms with Gasteiger partial charge in [-0.2, -0.15) is 0 Å². The Bertz CT molecular complexity index is 684. The van der Waals surface area contributed by atoms with Crippen LogP contribution in [0.4, 0.5) is 11.4 Å². The first-order valence-electron chi connectivity index (χ1n) is 5.52. The third kappa shape index (κ3) is 2.74. The molecule has 6 heteroatoms. The largest absolute Gasteiger partial charge is 0.399 e. The van der Waals surface area contributed by atoms with Crippen LogP contribution in [0.3, 0.4) is 0 Å². The maximum atomic E-state index is 12.5. The molecule has 2 aromatic carbocycles. The van der Waals surface area contributed by atoms with Crippen LogP contribution in [0.5, 0.6) is 0 Å². The predicted octanol–water partition coefficient (Wildman–Crippen LogP) is 2.86. The predicted molar refractivity (Wildman–Crippen MR) is 80.6 cm³/mol. The minimum Gasteiger partial charge on any atom is -0.399 e. The minimum atomic E-state index is -3.59. The summed E-state index contributed by atoms with van der Waals surface area (Å²) in [5.74, 6) is 0. The quantitative estimate of drug-likeness (QED) is 0.873. The number of hydrogen-bond acceptors (Lipinski definition) is 3. The standard InChI is InChI=1S/C13H13BrN2O2S/c1-16(11-8-6-10(15)7-9-11)19(17,18)13-5-3-2-4-12(13)14/h2-9H,15H2,1H3. The molecule has 0 atom stereocenters. The maximum Gasteiger partial charge on any atom is 0.265 e. The summed E-state index contributed by atoms with van der Waals surface area (Å²) >= 11 is 3.26. The minimum absolute atomic E-state index is 0.231. The second kappa shape index (κ2) is 5.22. The van der Waals surface area contributed by atoms with Crippen LogP contribution in [-0.2, 0) is 10.0 Å². The van der Waals surface area contributed by atoms with Crippen LogP contribution in [0.15, 0.2) is 57.9 Å². The van der Waals surface area contributed by atoms with E-state index in [1.54, 1.807) is 48.5 Å². The average Bonchev–Trinajstić information content (AvgIpc) is 2.39. The Balaban J connectivity index is 2.45. The molecule has 0 unspecified atom stereocenters. The fourth-order valence-corrected chi connectivity index (χ4v) is 3.78. The van der Waals surface area contributed by atoms with E-state index >= 15 is 0 Å². The van der Waals surface area contributed by atoms with Gasteiger partial charge in [0.25, 0.3) is 10.0 Å². The Labute approximate surface area is 121 Å². The van der Waals surface area contributed by atoms with Gasteiger partial charge in [-0.05, 0) is 52.3 Å². The summed E-state index contributed by atoms with van der Waals surface area (Å²) in [6, 6.07) is 13.4. The normalized spacial score (nSPS) is 11.3. The first-order valence-corrected chi connectivity index (χ1v) is 7.75. The summed E-state index contributed by atoms with van der Waals surface area (Å²) in [6.07, 6.45) is 0. The number of nitrogen functional groups attached to an aromatic ring is 1. The van der Waals surface area contributed by atoms with Gasteiger partial charge in [0.2, 0.25) is 0 Å². The molecule has 0 aliphatic carbocycles. The number of nitrogens with two attached hydrogens (primary N) is 1. The summed E-state index contributed by atoms with van der Waals surface area (Å²) in [5, 5.41) is 0. The lowest BCUT2D eigenvalue weighted by Gasteiger charge is -2.20. The van der Waals surface area contributed by atoms with E-state index in [1.165, 1.54) is 11.4 Å². The number of hydrogen-bond donors (Lipinski definition) is 1. The lowest BCUT2D eigenvalue weighted by molar-refractivity contribution is 0.594. The van der Waals surface area contributed by atoms with Crippen LogP contribution in [-0.4, -0.2) is 15.5 Å². The fourth-order valence-electron chi connectivity index (χ4n) is 1.62. The lowest BCUT2D eigenvalue weighted by Crippen LogP contribution is -2.26. The van der Waals surface area contributed by atoms with Crippen LogP contribution in [0.25, 0.3) is 0 Å². The van der Waals surface area contributed by atoms with Crippen LogP contribution >= 0.6 is 15.9 Å². The summed E-state index contributed by atoms with van der Waals surface area (Å²) in [6.45, 7) is 0. The van der Waals surface area contributed by atoms with Crippen molar-refractivity contribution in [3.05, 3.63) is 53.0 Å². The Morgan fingerprint density at radius 3 is 2.21 bits per heavy atom. The number of nitrogens with zero attached hydrogens (tertiary/aromatic N) is 1. The third-order valence-electron chi connectivity index (χ3n) is 2.73. The highest BCUT2D eigenvalue weighted by Gasteiger charge is 2.23. The van der Waals surface area contributed by atoms with Crippen molar-refractivity contribution in [1.29, 1.82) is 0 Å². The van der Waals surface area contributed by atoms with E-state index in [2.05, 4.69) is 15.9 Å². The van der Waals surface area contributed by atoms with E-state index in [9.17, 15) is 8.42 Å². The summed E-state index contributed by atoms with van der Waals surface area (Å²) in [7, 11) is -2.08. The zero-order valence-corrected chi connectivity index (χ0v) is 12.6. The van der Waals surface area contributed by atoms with Crippen molar-refractivity contribution in [3.63, 3.8) is 0 Å². The molecule has 0 aliphatic rings. The monoisotopic (exact) mass is 340 g/mol. The number of sulfonamides is 1. The molecule has 0 saturated heterocycles. The van der Waals surface area contributed by atoms with Crippen molar-refractivity contribution in [2.75, 3.05) is 17.1 Å². The highest BCUT2D eigenvalue weighted by atomic mass is 79.9. The molecule has 2 aromatic rings. The molecule has 19 heavy (non-hydrogen) atoms. The topological polar surface area (TPSA) is 63.4 Å². The van der Waals surface area contributed by atoms with Gasteiger partial charge in [-0.25, -0.2) is 8.42 Å². The van der Waals surface area contributed by atoms with Gasteiger partial charge in [0, 0.05) is 17.2 Å². The molecule has 0 bridgehead atoms. The van der Waals surface area contributed by atoms with Gasteiger partial charge in [0.1, 0.15) is 4.90 Å².